The Morgan fingerprint density at radius 1 is 1.25 bits per heavy atom. The quantitative estimate of drug-likeness (QED) is 0.744. The van der Waals surface area contributed by atoms with Gasteiger partial charge < -0.3 is 15.1 Å². The molecule has 0 spiro atoms. The number of hydrogen-bond donors (Lipinski definition) is 1. The normalized spacial score (nSPS) is 21.1. The molecule has 1 rings (SSSR count). The molecular formula is C12H25N3O. The van der Waals surface area contributed by atoms with Gasteiger partial charge in [-0.15, -0.1) is 0 Å². The summed E-state index contributed by atoms with van der Waals surface area (Å²) in [5.41, 5.74) is 0. The summed E-state index contributed by atoms with van der Waals surface area (Å²) in [4.78, 5) is 15.8. The minimum Gasteiger partial charge on any atom is -0.344 e. The minimum atomic E-state index is 0.265. The monoisotopic (exact) mass is 227 g/mol. The van der Waals surface area contributed by atoms with Crippen LogP contribution in [0.1, 0.15) is 25.7 Å². The lowest BCUT2D eigenvalue weighted by Gasteiger charge is -2.26. The van der Waals surface area contributed by atoms with Crippen LogP contribution in [0, 0.1) is 0 Å². The van der Waals surface area contributed by atoms with Gasteiger partial charge in [0.2, 0.25) is 5.91 Å². The fourth-order valence-electron chi connectivity index (χ4n) is 1.94. The van der Waals surface area contributed by atoms with E-state index in [9.17, 15) is 4.79 Å². The van der Waals surface area contributed by atoms with Gasteiger partial charge in [0.1, 0.15) is 0 Å². The Hall–Kier alpha value is -0.610. The SMILES string of the molecule is CN(C)CCN(C)C(=O)CC1CCCCN1. The Kier molecular flexibility index (Phi) is 5.77. The Labute approximate surface area is 99.0 Å². The highest BCUT2D eigenvalue weighted by Crippen LogP contribution is 2.10. The van der Waals surface area contributed by atoms with Crippen molar-refractivity contribution in [2.75, 3.05) is 40.8 Å². The van der Waals surface area contributed by atoms with Gasteiger partial charge in [-0.2, -0.15) is 0 Å². The average Bonchev–Trinajstić information content (AvgIpc) is 2.27. The van der Waals surface area contributed by atoms with Crippen LogP contribution in [0.2, 0.25) is 0 Å². The van der Waals surface area contributed by atoms with Gasteiger partial charge in [0, 0.05) is 32.6 Å². The first kappa shape index (κ1) is 13.5. The van der Waals surface area contributed by atoms with Crippen molar-refractivity contribution in [3.8, 4) is 0 Å². The van der Waals surface area contributed by atoms with Crippen molar-refractivity contribution in [1.29, 1.82) is 0 Å². The van der Waals surface area contributed by atoms with E-state index in [1.165, 1.54) is 12.8 Å². The summed E-state index contributed by atoms with van der Waals surface area (Å²) in [5.74, 6) is 0.265. The van der Waals surface area contributed by atoms with Crippen LogP contribution in [-0.4, -0.2) is 62.5 Å². The van der Waals surface area contributed by atoms with E-state index in [2.05, 4.69) is 10.2 Å². The van der Waals surface area contributed by atoms with Crippen molar-refractivity contribution in [1.82, 2.24) is 15.1 Å². The molecule has 0 aliphatic carbocycles. The first-order valence-corrected chi connectivity index (χ1v) is 6.21. The molecule has 1 amide bonds. The van der Waals surface area contributed by atoms with E-state index in [0.717, 1.165) is 26.1 Å². The zero-order chi connectivity index (χ0) is 12.0. The number of carbonyl (C=O) groups is 1. The summed E-state index contributed by atoms with van der Waals surface area (Å²) in [6, 6.07) is 0.406. The van der Waals surface area contributed by atoms with E-state index in [-0.39, 0.29) is 5.91 Å². The zero-order valence-electron chi connectivity index (χ0n) is 10.8. The molecule has 0 aromatic rings. The van der Waals surface area contributed by atoms with Crippen molar-refractivity contribution in [3.05, 3.63) is 0 Å². The highest BCUT2D eigenvalue weighted by Gasteiger charge is 2.18. The fraction of sp³-hybridized carbons (Fsp3) is 0.917. The maximum Gasteiger partial charge on any atom is 0.223 e. The summed E-state index contributed by atoms with van der Waals surface area (Å²) in [6.07, 6.45) is 4.31. The smallest absolute Gasteiger partial charge is 0.223 e. The van der Waals surface area contributed by atoms with Crippen LogP contribution in [0.5, 0.6) is 0 Å². The molecule has 1 fully saturated rings. The Morgan fingerprint density at radius 2 is 2.00 bits per heavy atom. The number of nitrogens with one attached hydrogen (secondary N) is 1. The molecule has 4 heteroatoms. The van der Waals surface area contributed by atoms with Crippen molar-refractivity contribution < 1.29 is 4.79 Å². The van der Waals surface area contributed by atoms with Crippen LogP contribution >= 0.6 is 0 Å². The molecule has 1 heterocycles. The molecule has 1 atom stereocenters. The third-order valence-electron chi connectivity index (χ3n) is 3.14. The van der Waals surface area contributed by atoms with Gasteiger partial charge in [0.25, 0.3) is 0 Å². The van der Waals surface area contributed by atoms with E-state index >= 15 is 0 Å². The maximum absolute atomic E-state index is 11.9. The number of rotatable bonds is 5. The van der Waals surface area contributed by atoms with Gasteiger partial charge in [0.05, 0.1) is 0 Å². The van der Waals surface area contributed by atoms with Crippen molar-refractivity contribution in [2.24, 2.45) is 0 Å². The van der Waals surface area contributed by atoms with Gasteiger partial charge in [-0.25, -0.2) is 0 Å². The van der Waals surface area contributed by atoms with E-state index in [1.54, 1.807) is 0 Å². The predicted molar refractivity (Wildman–Crippen MR) is 66.4 cm³/mol. The van der Waals surface area contributed by atoms with Gasteiger partial charge in [-0.05, 0) is 33.5 Å². The Bertz CT molecular complexity index is 212. The predicted octanol–water partition coefficient (Wildman–Crippen LogP) is 0.539. The molecule has 0 bridgehead atoms. The number of carbonyl (C=O) groups excluding carboxylic acids is 1. The number of nitrogens with zero attached hydrogens (tertiary/aromatic N) is 2. The maximum atomic E-state index is 11.9. The van der Waals surface area contributed by atoms with E-state index in [4.69, 9.17) is 0 Å². The van der Waals surface area contributed by atoms with Crippen molar-refractivity contribution in [2.45, 2.75) is 31.7 Å². The molecule has 1 unspecified atom stereocenters. The van der Waals surface area contributed by atoms with Crippen LogP contribution < -0.4 is 5.32 Å². The lowest BCUT2D eigenvalue weighted by atomic mass is 10.0. The molecule has 0 saturated carbocycles. The lowest BCUT2D eigenvalue weighted by molar-refractivity contribution is -0.130. The first-order valence-electron chi connectivity index (χ1n) is 6.21. The molecule has 0 aromatic carbocycles. The number of amides is 1. The summed E-state index contributed by atoms with van der Waals surface area (Å²) in [7, 11) is 5.96. The summed E-state index contributed by atoms with van der Waals surface area (Å²) in [5, 5.41) is 3.41. The molecular weight excluding hydrogens is 202 g/mol. The highest BCUT2D eigenvalue weighted by molar-refractivity contribution is 5.76. The molecule has 1 aliphatic heterocycles. The van der Waals surface area contributed by atoms with E-state index in [1.807, 2.05) is 26.0 Å². The van der Waals surface area contributed by atoms with Crippen LogP contribution in [0.3, 0.4) is 0 Å². The third-order valence-corrected chi connectivity index (χ3v) is 3.14. The number of piperidine rings is 1. The van der Waals surface area contributed by atoms with Crippen LogP contribution in [0.25, 0.3) is 0 Å². The molecule has 1 aliphatic rings. The van der Waals surface area contributed by atoms with Crippen LogP contribution in [0.4, 0.5) is 0 Å². The Balaban J connectivity index is 2.22. The minimum absolute atomic E-state index is 0.265. The topological polar surface area (TPSA) is 35.6 Å². The zero-order valence-corrected chi connectivity index (χ0v) is 10.8. The summed E-state index contributed by atoms with van der Waals surface area (Å²) >= 11 is 0. The second kappa shape index (κ2) is 6.86. The molecule has 4 nitrogen and oxygen atoms in total. The molecule has 1 saturated heterocycles. The van der Waals surface area contributed by atoms with Crippen LogP contribution in [0.15, 0.2) is 0 Å². The second-order valence-electron chi connectivity index (χ2n) is 4.97. The largest absolute Gasteiger partial charge is 0.344 e. The molecule has 94 valence electrons. The van der Waals surface area contributed by atoms with Gasteiger partial charge in [-0.1, -0.05) is 6.42 Å². The van der Waals surface area contributed by atoms with Gasteiger partial charge >= 0.3 is 0 Å². The first-order chi connectivity index (χ1) is 7.59. The van der Waals surface area contributed by atoms with Crippen molar-refractivity contribution in [3.63, 3.8) is 0 Å². The second-order valence-corrected chi connectivity index (χ2v) is 4.97. The van der Waals surface area contributed by atoms with E-state index < -0.39 is 0 Å². The number of hydrogen-bond acceptors (Lipinski definition) is 3. The highest BCUT2D eigenvalue weighted by atomic mass is 16.2. The molecule has 0 radical (unpaired) electrons. The number of likely N-dealkylation sites (N-methyl/N-ethyl adjacent to an activating group) is 2. The Morgan fingerprint density at radius 3 is 2.56 bits per heavy atom. The molecule has 1 N–H and O–H groups in total. The standard InChI is InChI=1S/C12H25N3O/c1-14(2)8-9-15(3)12(16)10-11-6-4-5-7-13-11/h11,13H,4-10H2,1-3H3. The third kappa shape index (κ3) is 4.94. The molecule has 16 heavy (non-hydrogen) atoms. The fourth-order valence-corrected chi connectivity index (χ4v) is 1.94. The molecule has 0 aromatic heterocycles. The van der Waals surface area contributed by atoms with E-state index in [0.29, 0.717) is 12.5 Å². The van der Waals surface area contributed by atoms with Crippen LogP contribution in [-0.2, 0) is 4.79 Å². The lowest BCUT2D eigenvalue weighted by Crippen LogP contribution is -2.40. The van der Waals surface area contributed by atoms with Crippen molar-refractivity contribution >= 4 is 5.91 Å². The summed E-state index contributed by atoms with van der Waals surface area (Å²) < 4.78 is 0. The van der Waals surface area contributed by atoms with Gasteiger partial charge in [0.15, 0.2) is 0 Å². The summed E-state index contributed by atoms with van der Waals surface area (Å²) in [6.45, 7) is 2.82. The van der Waals surface area contributed by atoms with Gasteiger partial charge in [-0.3, -0.25) is 4.79 Å². The average molecular weight is 227 g/mol.